The van der Waals surface area contributed by atoms with Gasteiger partial charge in [0.1, 0.15) is 18.1 Å². The smallest absolute Gasteiger partial charge is 0.139 e. The van der Waals surface area contributed by atoms with Crippen LogP contribution in [0, 0.1) is 0 Å². The summed E-state index contributed by atoms with van der Waals surface area (Å²) >= 11 is 9.25. The molecule has 0 atom stereocenters. The normalized spacial score (nSPS) is 10.2. The number of halogens is 2. The van der Waals surface area contributed by atoms with Crippen molar-refractivity contribution in [2.75, 3.05) is 7.11 Å². The molecular weight excluding hydrogens is 318 g/mol. The SMILES string of the molecule is COc1ccc(Br)cc1COc1cncc(Cl)c1. The van der Waals surface area contributed by atoms with Crippen molar-refractivity contribution in [2.24, 2.45) is 0 Å². The average molecular weight is 329 g/mol. The summed E-state index contributed by atoms with van der Waals surface area (Å²) in [6.45, 7) is 0.393. The van der Waals surface area contributed by atoms with Crippen molar-refractivity contribution in [1.82, 2.24) is 4.98 Å². The third-order valence-corrected chi connectivity index (χ3v) is 3.02. The first-order valence-corrected chi connectivity index (χ1v) is 6.42. The highest BCUT2D eigenvalue weighted by molar-refractivity contribution is 9.10. The molecule has 0 fully saturated rings. The first kappa shape index (κ1) is 13.2. The van der Waals surface area contributed by atoms with Gasteiger partial charge >= 0.3 is 0 Å². The Morgan fingerprint density at radius 3 is 2.83 bits per heavy atom. The molecule has 0 aliphatic heterocycles. The number of nitrogens with zero attached hydrogens (tertiary/aromatic N) is 1. The number of pyridine rings is 1. The van der Waals surface area contributed by atoms with Crippen LogP contribution in [-0.2, 0) is 6.61 Å². The summed E-state index contributed by atoms with van der Waals surface area (Å²) in [6, 6.07) is 7.48. The number of benzene rings is 1. The molecule has 0 saturated heterocycles. The van der Waals surface area contributed by atoms with E-state index in [0.717, 1.165) is 15.8 Å². The van der Waals surface area contributed by atoms with E-state index in [1.54, 1.807) is 25.6 Å². The summed E-state index contributed by atoms with van der Waals surface area (Å²) in [5.41, 5.74) is 0.951. The molecule has 2 rings (SSSR count). The molecule has 0 bridgehead atoms. The monoisotopic (exact) mass is 327 g/mol. The first-order valence-electron chi connectivity index (χ1n) is 5.25. The van der Waals surface area contributed by atoms with E-state index in [1.807, 2.05) is 18.2 Å². The highest BCUT2D eigenvalue weighted by Crippen LogP contribution is 2.25. The van der Waals surface area contributed by atoms with Gasteiger partial charge in [0.25, 0.3) is 0 Å². The lowest BCUT2D eigenvalue weighted by atomic mass is 10.2. The van der Waals surface area contributed by atoms with Crippen molar-refractivity contribution >= 4 is 27.5 Å². The van der Waals surface area contributed by atoms with Gasteiger partial charge in [-0.15, -0.1) is 0 Å². The highest BCUT2D eigenvalue weighted by atomic mass is 79.9. The van der Waals surface area contributed by atoms with E-state index in [9.17, 15) is 0 Å². The van der Waals surface area contributed by atoms with Gasteiger partial charge in [0.2, 0.25) is 0 Å². The van der Waals surface area contributed by atoms with Crippen LogP contribution in [-0.4, -0.2) is 12.1 Å². The number of hydrogen-bond acceptors (Lipinski definition) is 3. The largest absolute Gasteiger partial charge is 0.496 e. The predicted molar refractivity (Wildman–Crippen MR) is 74.3 cm³/mol. The van der Waals surface area contributed by atoms with Crippen LogP contribution in [0.15, 0.2) is 41.1 Å². The molecule has 1 aromatic heterocycles. The Morgan fingerprint density at radius 1 is 1.28 bits per heavy atom. The molecule has 3 nitrogen and oxygen atoms in total. The standard InChI is InChI=1S/C13H11BrClNO2/c1-17-13-3-2-10(14)4-9(13)8-18-12-5-11(15)6-16-7-12/h2-7H,8H2,1H3. The van der Waals surface area contributed by atoms with Gasteiger partial charge in [0.15, 0.2) is 0 Å². The molecule has 18 heavy (non-hydrogen) atoms. The van der Waals surface area contributed by atoms with Crippen molar-refractivity contribution in [1.29, 1.82) is 0 Å². The quantitative estimate of drug-likeness (QED) is 0.847. The van der Waals surface area contributed by atoms with Gasteiger partial charge < -0.3 is 9.47 Å². The molecule has 5 heteroatoms. The molecule has 0 unspecified atom stereocenters. The van der Waals surface area contributed by atoms with Crippen molar-refractivity contribution in [3.05, 3.63) is 51.7 Å². The summed E-state index contributed by atoms with van der Waals surface area (Å²) in [6.07, 6.45) is 3.18. The van der Waals surface area contributed by atoms with Crippen molar-refractivity contribution < 1.29 is 9.47 Å². The summed E-state index contributed by atoms with van der Waals surface area (Å²) in [5.74, 6) is 1.41. The lowest BCUT2D eigenvalue weighted by Crippen LogP contribution is -1.99. The minimum Gasteiger partial charge on any atom is -0.496 e. The molecule has 0 N–H and O–H groups in total. The third kappa shape index (κ3) is 3.37. The average Bonchev–Trinajstić information content (AvgIpc) is 2.37. The zero-order valence-electron chi connectivity index (χ0n) is 9.69. The second-order valence-electron chi connectivity index (χ2n) is 3.58. The van der Waals surface area contributed by atoms with Crippen molar-refractivity contribution in [3.8, 4) is 11.5 Å². The molecule has 0 amide bonds. The lowest BCUT2D eigenvalue weighted by molar-refractivity contribution is 0.295. The summed E-state index contributed by atoms with van der Waals surface area (Å²) in [7, 11) is 1.63. The van der Waals surface area contributed by atoms with E-state index >= 15 is 0 Å². The molecule has 1 heterocycles. The number of ether oxygens (including phenoxy) is 2. The van der Waals surface area contributed by atoms with Crippen LogP contribution >= 0.6 is 27.5 Å². The van der Waals surface area contributed by atoms with Gasteiger partial charge in [0.05, 0.1) is 18.3 Å². The molecule has 1 aromatic carbocycles. The van der Waals surface area contributed by atoms with Gasteiger partial charge in [-0.2, -0.15) is 0 Å². The maximum atomic E-state index is 5.84. The Kier molecular flexibility index (Phi) is 4.44. The van der Waals surface area contributed by atoms with Crippen LogP contribution in [0.3, 0.4) is 0 Å². The zero-order valence-corrected chi connectivity index (χ0v) is 12.0. The van der Waals surface area contributed by atoms with E-state index in [-0.39, 0.29) is 0 Å². The molecule has 0 saturated carbocycles. The highest BCUT2D eigenvalue weighted by Gasteiger charge is 2.05. The van der Waals surface area contributed by atoms with E-state index in [1.165, 1.54) is 0 Å². The fraction of sp³-hybridized carbons (Fsp3) is 0.154. The molecule has 0 radical (unpaired) electrons. The second kappa shape index (κ2) is 6.07. The summed E-state index contributed by atoms with van der Waals surface area (Å²) in [5, 5.41) is 0.550. The predicted octanol–water partition coefficient (Wildman–Crippen LogP) is 4.09. The van der Waals surface area contributed by atoms with Gasteiger partial charge in [-0.3, -0.25) is 4.98 Å². The zero-order chi connectivity index (χ0) is 13.0. The molecule has 0 aliphatic carbocycles. The molecule has 2 aromatic rings. The number of methoxy groups -OCH3 is 1. The minimum absolute atomic E-state index is 0.393. The Labute approximate surface area is 119 Å². The van der Waals surface area contributed by atoms with Gasteiger partial charge in [0, 0.05) is 22.3 Å². The van der Waals surface area contributed by atoms with E-state index in [2.05, 4.69) is 20.9 Å². The molecule has 94 valence electrons. The Hall–Kier alpha value is -1.26. The molecular formula is C13H11BrClNO2. The van der Waals surface area contributed by atoms with E-state index in [4.69, 9.17) is 21.1 Å². The Balaban J connectivity index is 2.12. The number of hydrogen-bond donors (Lipinski definition) is 0. The van der Waals surface area contributed by atoms with Crippen LogP contribution in [0.5, 0.6) is 11.5 Å². The number of aromatic nitrogens is 1. The van der Waals surface area contributed by atoms with Gasteiger partial charge in [-0.25, -0.2) is 0 Å². The minimum atomic E-state index is 0.393. The van der Waals surface area contributed by atoms with Crippen LogP contribution in [0.4, 0.5) is 0 Å². The maximum Gasteiger partial charge on any atom is 0.139 e. The van der Waals surface area contributed by atoms with Crippen LogP contribution in [0.1, 0.15) is 5.56 Å². The molecule has 0 aliphatic rings. The van der Waals surface area contributed by atoms with Gasteiger partial charge in [-0.1, -0.05) is 27.5 Å². The molecule has 0 spiro atoms. The Bertz CT molecular complexity index is 548. The third-order valence-electron chi connectivity index (χ3n) is 2.32. The topological polar surface area (TPSA) is 31.4 Å². The van der Waals surface area contributed by atoms with Crippen LogP contribution in [0.2, 0.25) is 5.02 Å². The Morgan fingerprint density at radius 2 is 2.11 bits per heavy atom. The van der Waals surface area contributed by atoms with Crippen molar-refractivity contribution in [3.63, 3.8) is 0 Å². The second-order valence-corrected chi connectivity index (χ2v) is 4.94. The van der Waals surface area contributed by atoms with E-state index in [0.29, 0.717) is 17.4 Å². The van der Waals surface area contributed by atoms with Crippen molar-refractivity contribution in [2.45, 2.75) is 6.61 Å². The summed E-state index contributed by atoms with van der Waals surface area (Å²) < 4.78 is 11.9. The fourth-order valence-electron chi connectivity index (χ4n) is 1.49. The lowest BCUT2D eigenvalue weighted by Gasteiger charge is -2.10. The van der Waals surface area contributed by atoms with Crippen LogP contribution in [0.25, 0.3) is 0 Å². The maximum absolute atomic E-state index is 5.84. The summed E-state index contributed by atoms with van der Waals surface area (Å²) in [4.78, 5) is 3.96. The number of rotatable bonds is 4. The van der Waals surface area contributed by atoms with Crippen LogP contribution < -0.4 is 9.47 Å². The van der Waals surface area contributed by atoms with E-state index < -0.39 is 0 Å². The van der Waals surface area contributed by atoms with Gasteiger partial charge in [-0.05, 0) is 18.2 Å². The first-order chi connectivity index (χ1) is 8.69. The fourth-order valence-corrected chi connectivity index (χ4v) is 2.06.